The van der Waals surface area contributed by atoms with E-state index in [4.69, 9.17) is 9.72 Å². The summed E-state index contributed by atoms with van der Waals surface area (Å²) in [5.74, 6) is 7.48. The number of methoxy groups -OCH3 is 1. The van der Waals surface area contributed by atoms with Gasteiger partial charge in [-0.25, -0.2) is 4.98 Å². The number of hydrogen-bond donors (Lipinski definition) is 3. The number of benzene rings is 4. The molecule has 3 amide bonds. The summed E-state index contributed by atoms with van der Waals surface area (Å²) in [6.07, 6.45) is 8.76. The van der Waals surface area contributed by atoms with Gasteiger partial charge in [0.25, 0.3) is 5.91 Å². The van der Waals surface area contributed by atoms with E-state index < -0.39 is 19.1 Å². The molecule has 0 aliphatic carbocycles. The number of aryl methyl sites for hydroxylation is 1. The van der Waals surface area contributed by atoms with E-state index in [2.05, 4.69) is 77.6 Å². The minimum absolute atomic E-state index is 0.173. The predicted molar refractivity (Wildman–Crippen MR) is 265 cm³/mol. The Kier molecular flexibility index (Phi) is 13.0. The maximum absolute atomic E-state index is 13.6. The first-order valence-corrected chi connectivity index (χ1v) is 26.2. The van der Waals surface area contributed by atoms with Crippen molar-refractivity contribution in [2.45, 2.75) is 70.9 Å². The van der Waals surface area contributed by atoms with Gasteiger partial charge in [0, 0.05) is 66.9 Å². The molecule has 13 nitrogen and oxygen atoms in total. The summed E-state index contributed by atoms with van der Waals surface area (Å²) in [7, 11) is -0.982. The zero-order chi connectivity index (χ0) is 46.2. The molecule has 1 aromatic heterocycles. The zero-order valence-electron chi connectivity index (χ0n) is 38.0. The maximum atomic E-state index is 13.6. The molecule has 1 unspecified atom stereocenters. The summed E-state index contributed by atoms with van der Waals surface area (Å²) >= 11 is 3.62. The van der Waals surface area contributed by atoms with Gasteiger partial charge in [0.2, 0.25) is 17.8 Å². The Hall–Kier alpha value is -5.74. The molecule has 0 radical (unpaired) electrons. The highest BCUT2D eigenvalue weighted by Gasteiger charge is 2.40. The van der Waals surface area contributed by atoms with Gasteiger partial charge in [-0.3, -0.25) is 19.7 Å². The lowest BCUT2D eigenvalue weighted by Crippen LogP contribution is -2.52. The highest BCUT2D eigenvalue weighted by molar-refractivity contribution is 9.10. The summed E-state index contributed by atoms with van der Waals surface area (Å²) < 4.78 is 20.2. The van der Waals surface area contributed by atoms with Crippen LogP contribution in [0.2, 0.25) is 0 Å². The topological polar surface area (TPSA) is 149 Å². The van der Waals surface area contributed by atoms with Crippen LogP contribution in [0, 0.1) is 24.2 Å². The van der Waals surface area contributed by atoms with E-state index in [1.165, 1.54) is 18.5 Å². The monoisotopic (exact) mass is 970 g/mol. The Labute approximate surface area is 395 Å². The van der Waals surface area contributed by atoms with E-state index >= 15 is 0 Å². The second-order valence-electron chi connectivity index (χ2n) is 18.5. The minimum atomic E-state index is -2.67. The van der Waals surface area contributed by atoms with E-state index in [-0.39, 0.29) is 18.2 Å². The number of ether oxygens (including phenoxy) is 1. The first kappa shape index (κ1) is 45.4. The average Bonchev–Trinajstić information content (AvgIpc) is 3.64. The molecule has 0 saturated carbocycles. The number of aromatic nitrogens is 2. The average molecular weight is 972 g/mol. The van der Waals surface area contributed by atoms with Crippen LogP contribution >= 0.6 is 23.1 Å². The molecule has 1 spiro atoms. The van der Waals surface area contributed by atoms with Crippen molar-refractivity contribution in [1.29, 1.82) is 0 Å². The maximum Gasteiger partial charge on any atom is 0.255 e. The number of amides is 3. The van der Waals surface area contributed by atoms with Crippen LogP contribution in [0.1, 0.15) is 78.4 Å². The van der Waals surface area contributed by atoms with Crippen molar-refractivity contribution >= 4 is 85.7 Å². The first-order valence-electron chi connectivity index (χ1n) is 22.8. The molecule has 1 atom stereocenters. The van der Waals surface area contributed by atoms with Gasteiger partial charge in [-0.2, -0.15) is 4.98 Å². The van der Waals surface area contributed by atoms with E-state index in [0.29, 0.717) is 45.9 Å². The zero-order valence-corrected chi connectivity index (χ0v) is 40.5. The number of carbonyl (C=O) groups is 3. The number of imide groups is 1. The molecule has 3 N–H and O–H groups in total. The molecule has 4 aliphatic heterocycles. The number of unbranched alkanes of at least 4 members (excludes halogenated alkanes) is 1. The lowest BCUT2D eigenvalue weighted by molar-refractivity contribution is -0.136. The van der Waals surface area contributed by atoms with Gasteiger partial charge in [0.15, 0.2) is 0 Å². The molecule has 0 bridgehead atoms. The molecule has 5 aromatic rings. The van der Waals surface area contributed by atoms with Crippen molar-refractivity contribution in [3.05, 3.63) is 99.7 Å². The standard InChI is InChI=1S/C51H56BrN8O5P/c1-33-29-41(55-50-53-31-39(52)47(57-50)54-40-17-16-35-12-7-8-14-36(35)46(40)66(3,4)64)44(65-2)30-43(33)59-27-22-51(23-28-59)20-25-58(26-21-51)24-9-5-6-11-34-13-10-15-37-38(34)32-60(49(37)63)42-18-19-45(61)56-48(42)62/h7-8,10,12-17,29-31,42H,5,9,18-28,32H2,1-4H3,(H,56,61,62)(H2,53,54,55,57). The Morgan fingerprint density at radius 2 is 1.73 bits per heavy atom. The number of carbonyl (C=O) groups excluding carboxylic acids is 3. The molecule has 4 aliphatic rings. The summed E-state index contributed by atoms with van der Waals surface area (Å²) in [5, 5.41) is 12.0. The van der Waals surface area contributed by atoms with Crippen LogP contribution < -0.4 is 30.9 Å². The first-order chi connectivity index (χ1) is 31.8. The summed E-state index contributed by atoms with van der Waals surface area (Å²) in [6, 6.07) is 21.2. The largest absolute Gasteiger partial charge is 0.494 e. The number of hydrogen-bond acceptors (Lipinski definition) is 11. The van der Waals surface area contributed by atoms with Gasteiger partial charge in [0.05, 0.1) is 23.0 Å². The van der Waals surface area contributed by atoms with Gasteiger partial charge in [-0.05, 0) is 146 Å². The Morgan fingerprint density at radius 1 is 0.955 bits per heavy atom. The summed E-state index contributed by atoms with van der Waals surface area (Å²) in [6.45, 7) is 11.3. The Balaban J connectivity index is 0.771. The molecular formula is C51H56BrN8O5P. The van der Waals surface area contributed by atoms with Crippen LogP contribution in [0.4, 0.5) is 28.8 Å². The van der Waals surface area contributed by atoms with E-state index in [0.717, 1.165) is 103 Å². The van der Waals surface area contributed by atoms with Crippen molar-refractivity contribution in [2.75, 3.05) is 68.7 Å². The fourth-order valence-electron chi connectivity index (χ4n) is 10.2. The van der Waals surface area contributed by atoms with Crippen LogP contribution in [0.3, 0.4) is 0 Å². The number of anilines is 5. The van der Waals surface area contributed by atoms with Crippen molar-refractivity contribution in [1.82, 2.24) is 25.1 Å². The van der Waals surface area contributed by atoms with Gasteiger partial charge in [-0.15, -0.1) is 0 Å². The number of piperidine rings is 3. The Morgan fingerprint density at radius 3 is 2.48 bits per heavy atom. The number of fused-ring (bicyclic) bond motifs is 2. The molecular weight excluding hydrogens is 915 g/mol. The summed E-state index contributed by atoms with van der Waals surface area (Å²) in [5.41, 5.74) is 6.50. The second-order valence-corrected chi connectivity index (χ2v) is 22.5. The third-order valence-electron chi connectivity index (χ3n) is 13.9. The Bertz CT molecular complexity index is 2840. The van der Waals surface area contributed by atoms with Crippen molar-refractivity contribution in [3.8, 4) is 17.6 Å². The fraction of sp³-hybridized carbons (Fsp3) is 0.392. The van der Waals surface area contributed by atoms with Crippen molar-refractivity contribution < 1.29 is 23.7 Å². The quantitative estimate of drug-likeness (QED) is 0.0505. The molecule has 66 heavy (non-hydrogen) atoms. The SMILES string of the molecule is COc1cc(N2CCC3(CCN(CCCC#Cc4cccc5c4CN(C4CCC(=O)NC4=O)C5=O)CC3)CC2)c(C)cc1Nc1ncc(Br)c(Nc2ccc3ccccc3c2P(C)(C)=O)n1. The molecule has 15 heteroatoms. The smallest absolute Gasteiger partial charge is 0.255 e. The molecule has 3 saturated heterocycles. The summed E-state index contributed by atoms with van der Waals surface area (Å²) in [4.78, 5) is 53.4. The third kappa shape index (κ3) is 9.44. The van der Waals surface area contributed by atoms with Gasteiger partial charge >= 0.3 is 0 Å². The molecule has 4 aromatic carbocycles. The minimum Gasteiger partial charge on any atom is -0.494 e. The van der Waals surface area contributed by atoms with E-state index in [9.17, 15) is 18.9 Å². The number of halogens is 1. The van der Waals surface area contributed by atoms with Crippen LogP contribution in [-0.2, 0) is 20.7 Å². The van der Waals surface area contributed by atoms with Crippen LogP contribution in [-0.4, -0.2) is 96.7 Å². The van der Waals surface area contributed by atoms with Gasteiger partial charge in [0.1, 0.15) is 24.8 Å². The van der Waals surface area contributed by atoms with E-state index in [1.54, 1.807) is 37.6 Å². The van der Waals surface area contributed by atoms with Crippen LogP contribution in [0.25, 0.3) is 10.8 Å². The van der Waals surface area contributed by atoms with Crippen molar-refractivity contribution in [3.63, 3.8) is 0 Å². The number of nitrogens with one attached hydrogen (secondary N) is 3. The third-order valence-corrected chi connectivity index (χ3v) is 16.0. The fourth-order valence-corrected chi connectivity index (χ4v) is 12.0. The molecule has 9 rings (SSSR count). The molecule has 5 heterocycles. The number of nitrogens with zero attached hydrogens (tertiary/aromatic N) is 5. The lowest BCUT2D eigenvalue weighted by Gasteiger charge is -2.47. The van der Waals surface area contributed by atoms with Gasteiger partial charge < -0.3 is 34.6 Å². The van der Waals surface area contributed by atoms with E-state index in [1.807, 2.05) is 48.5 Å². The van der Waals surface area contributed by atoms with Crippen LogP contribution in [0.15, 0.2) is 77.4 Å². The normalized spacial score (nSPS) is 18.5. The lowest BCUT2D eigenvalue weighted by atomic mass is 9.71. The van der Waals surface area contributed by atoms with Crippen LogP contribution in [0.5, 0.6) is 5.75 Å². The number of rotatable bonds is 11. The molecule has 3 fully saturated rings. The second kappa shape index (κ2) is 18.9. The molecule has 342 valence electrons. The number of likely N-dealkylation sites (tertiary alicyclic amines) is 1. The van der Waals surface area contributed by atoms with Gasteiger partial charge in [-0.1, -0.05) is 48.2 Å². The highest BCUT2D eigenvalue weighted by Crippen LogP contribution is 2.45. The highest BCUT2D eigenvalue weighted by atomic mass is 79.9. The van der Waals surface area contributed by atoms with Crippen molar-refractivity contribution in [2.24, 2.45) is 5.41 Å². The predicted octanol–water partition coefficient (Wildman–Crippen LogP) is 8.72.